The van der Waals surface area contributed by atoms with Crippen molar-refractivity contribution in [3.05, 3.63) is 102 Å². The van der Waals surface area contributed by atoms with Crippen LogP contribution in [-0.4, -0.2) is 12.4 Å². The maximum Gasteiger partial charge on any atom is 0.118 e. The molecule has 3 aromatic carbocycles. The normalized spacial score (nSPS) is 10.2. The van der Waals surface area contributed by atoms with Gasteiger partial charge in [-0.3, -0.25) is 0 Å². The zero-order valence-electron chi connectivity index (χ0n) is 13.6. The van der Waals surface area contributed by atoms with Crippen LogP contribution in [0.3, 0.4) is 0 Å². The molecule has 0 aliphatic heterocycles. The number of benzene rings is 3. The Kier molecular flexibility index (Phi) is 5.50. The van der Waals surface area contributed by atoms with Gasteiger partial charge in [-0.2, -0.15) is 0 Å². The van der Waals surface area contributed by atoms with Gasteiger partial charge in [0.1, 0.15) is 5.75 Å². The van der Waals surface area contributed by atoms with Gasteiger partial charge >= 0.3 is 0 Å². The summed E-state index contributed by atoms with van der Waals surface area (Å²) in [6, 6.07) is 29.3. The second kappa shape index (κ2) is 7.98. The van der Waals surface area contributed by atoms with E-state index in [0.717, 1.165) is 11.1 Å². The van der Waals surface area contributed by atoms with E-state index >= 15 is 0 Å². The Hall–Kier alpha value is -2.32. The minimum Gasteiger partial charge on any atom is -0.497 e. The molecule has 0 unspecified atom stereocenters. The molecule has 24 heavy (non-hydrogen) atoms. The van der Waals surface area contributed by atoms with Gasteiger partial charge in [-0.05, 0) is 40.0 Å². The van der Waals surface area contributed by atoms with Gasteiger partial charge < -0.3 is 4.74 Å². The van der Waals surface area contributed by atoms with Crippen LogP contribution in [0.4, 0.5) is 0 Å². The lowest BCUT2D eigenvalue weighted by Gasteiger charge is -2.16. The van der Waals surface area contributed by atoms with Crippen molar-refractivity contribution < 1.29 is 4.74 Å². The van der Waals surface area contributed by atoms with E-state index in [1.807, 2.05) is 24.3 Å². The molecule has 0 spiro atoms. The first-order chi connectivity index (χ1) is 11.8. The van der Waals surface area contributed by atoms with Gasteiger partial charge in [0.15, 0.2) is 0 Å². The first-order valence-electron chi connectivity index (χ1n) is 7.88. The fraction of sp³-hybridized carbons (Fsp3) is 0.0909. The van der Waals surface area contributed by atoms with Crippen LogP contribution in [0.2, 0.25) is 0 Å². The standard InChI is InChI=1S/C22H19BrO/c1-24-20-14-12-17(13-15-20)21(16-23)22(18-8-4-2-5-9-18)19-10-6-3-7-11-19/h2-15H,16H2,1H3. The smallest absolute Gasteiger partial charge is 0.118 e. The van der Waals surface area contributed by atoms with E-state index in [1.54, 1.807) is 7.11 Å². The Bertz CT molecular complexity index is 764. The molecule has 0 aliphatic carbocycles. The number of halogens is 1. The van der Waals surface area contributed by atoms with Crippen molar-refractivity contribution in [2.24, 2.45) is 0 Å². The molecule has 0 amide bonds. The van der Waals surface area contributed by atoms with Gasteiger partial charge in [-0.15, -0.1) is 0 Å². The molecule has 0 radical (unpaired) electrons. The predicted molar refractivity (Wildman–Crippen MR) is 106 cm³/mol. The van der Waals surface area contributed by atoms with Crippen LogP contribution in [0.15, 0.2) is 84.9 Å². The zero-order chi connectivity index (χ0) is 16.8. The van der Waals surface area contributed by atoms with Crippen LogP contribution in [0.1, 0.15) is 16.7 Å². The summed E-state index contributed by atoms with van der Waals surface area (Å²) in [4.78, 5) is 0. The third-order valence-electron chi connectivity index (χ3n) is 4.00. The van der Waals surface area contributed by atoms with E-state index in [4.69, 9.17) is 4.74 Å². The van der Waals surface area contributed by atoms with Crippen molar-refractivity contribution in [2.75, 3.05) is 12.4 Å². The number of rotatable bonds is 5. The van der Waals surface area contributed by atoms with Crippen LogP contribution in [-0.2, 0) is 0 Å². The van der Waals surface area contributed by atoms with Crippen LogP contribution < -0.4 is 4.74 Å². The third kappa shape index (κ3) is 3.60. The van der Waals surface area contributed by atoms with Gasteiger partial charge in [0.2, 0.25) is 0 Å². The van der Waals surface area contributed by atoms with Crippen molar-refractivity contribution in [2.45, 2.75) is 0 Å². The molecule has 1 nitrogen and oxygen atoms in total. The highest BCUT2D eigenvalue weighted by atomic mass is 79.9. The average molecular weight is 379 g/mol. The Morgan fingerprint density at radius 3 is 1.62 bits per heavy atom. The molecule has 0 N–H and O–H groups in total. The molecule has 120 valence electrons. The number of methoxy groups -OCH3 is 1. The Morgan fingerprint density at radius 2 is 1.21 bits per heavy atom. The first kappa shape index (κ1) is 16.5. The molecule has 0 heterocycles. The van der Waals surface area contributed by atoms with Gasteiger partial charge in [0.25, 0.3) is 0 Å². The number of hydrogen-bond acceptors (Lipinski definition) is 1. The SMILES string of the molecule is COc1ccc(C(CBr)=C(c2ccccc2)c2ccccc2)cc1. The summed E-state index contributed by atoms with van der Waals surface area (Å²) in [6.07, 6.45) is 0. The zero-order valence-corrected chi connectivity index (χ0v) is 15.2. The fourth-order valence-electron chi connectivity index (χ4n) is 2.81. The van der Waals surface area contributed by atoms with Crippen molar-refractivity contribution in [3.63, 3.8) is 0 Å². The monoisotopic (exact) mass is 378 g/mol. The van der Waals surface area contributed by atoms with E-state index in [2.05, 4.69) is 76.6 Å². The van der Waals surface area contributed by atoms with Gasteiger partial charge in [-0.1, -0.05) is 88.7 Å². The molecule has 0 aromatic heterocycles. The average Bonchev–Trinajstić information content (AvgIpc) is 2.67. The van der Waals surface area contributed by atoms with Crippen molar-refractivity contribution in [3.8, 4) is 5.75 Å². The Morgan fingerprint density at radius 1 is 0.708 bits per heavy atom. The first-order valence-corrected chi connectivity index (χ1v) is 9.00. The minimum absolute atomic E-state index is 0.776. The molecule has 0 fully saturated rings. The molecule has 0 aliphatic rings. The summed E-state index contributed by atoms with van der Waals surface area (Å²) in [6.45, 7) is 0. The lowest BCUT2D eigenvalue weighted by Crippen LogP contribution is -1.96. The Labute approximate surface area is 151 Å². The van der Waals surface area contributed by atoms with Crippen LogP contribution in [0.5, 0.6) is 5.75 Å². The van der Waals surface area contributed by atoms with Crippen molar-refractivity contribution in [1.82, 2.24) is 0 Å². The lowest BCUT2D eigenvalue weighted by atomic mass is 9.90. The maximum absolute atomic E-state index is 5.28. The quantitative estimate of drug-likeness (QED) is 0.387. The molecule has 0 bridgehead atoms. The molecule has 0 saturated carbocycles. The molecular formula is C22H19BrO. The van der Waals surface area contributed by atoms with Crippen molar-refractivity contribution >= 4 is 27.1 Å². The van der Waals surface area contributed by atoms with Crippen molar-refractivity contribution in [1.29, 1.82) is 0 Å². The largest absolute Gasteiger partial charge is 0.497 e. The summed E-state index contributed by atoms with van der Waals surface area (Å²) in [5.41, 5.74) is 6.13. The van der Waals surface area contributed by atoms with Gasteiger partial charge in [-0.25, -0.2) is 0 Å². The summed E-state index contributed by atoms with van der Waals surface area (Å²) >= 11 is 3.69. The summed E-state index contributed by atoms with van der Waals surface area (Å²) in [7, 11) is 1.69. The van der Waals surface area contributed by atoms with E-state index < -0.39 is 0 Å². The Balaban J connectivity index is 2.21. The molecular weight excluding hydrogens is 360 g/mol. The highest BCUT2D eigenvalue weighted by Crippen LogP contribution is 2.33. The molecule has 3 rings (SSSR count). The molecule has 0 atom stereocenters. The summed E-state index contributed by atoms with van der Waals surface area (Å²) < 4.78 is 5.28. The van der Waals surface area contributed by atoms with E-state index in [-0.39, 0.29) is 0 Å². The number of hydrogen-bond donors (Lipinski definition) is 0. The summed E-state index contributed by atoms with van der Waals surface area (Å²) in [5, 5.41) is 0.776. The van der Waals surface area contributed by atoms with Crippen LogP contribution in [0.25, 0.3) is 11.1 Å². The minimum atomic E-state index is 0.776. The van der Waals surface area contributed by atoms with Gasteiger partial charge in [0.05, 0.1) is 7.11 Å². The topological polar surface area (TPSA) is 9.23 Å². The maximum atomic E-state index is 5.28. The second-order valence-electron chi connectivity index (χ2n) is 5.45. The highest BCUT2D eigenvalue weighted by Gasteiger charge is 2.13. The predicted octanol–water partition coefficient (Wildman–Crippen LogP) is 6.05. The summed E-state index contributed by atoms with van der Waals surface area (Å²) in [5.74, 6) is 0.869. The number of allylic oxidation sites excluding steroid dienone is 1. The molecule has 2 heteroatoms. The van der Waals surface area contributed by atoms with Crippen LogP contribution in [0, 0.1) is 0 Å². The fourth-order valence-corrected chi connectivity index (χ4v) is 3.41. The van der Waals surface area contributed by atoms with E-state index in [9.17, 15) is 0 Å². The number of alkyl halides is 1. The van der Waals surface area contributed by atoms with Crippen LogP contribution >= 0.6 is 15.9 Å². The molecule has 3 aromatic rings. The lowest BCUT2D eigenvalue weighted by molar-refractivity contribution is 0.415. The number of ether oxygens (including phenoxy) is 1. The highest BCUT2D eigenvalue weighted by molar-refractivity contribution is 9.09. The second-order valence-corrected chi connectivity index (χ2v) is 6.01. The molecule has 0 saturated heterocycles. The van der Waals surface area contributed by atoms with Gasteiger partial charge in [0, 0.05) is 5.33 Å². The van der Waals surface area contributed by atoms with E-state index in [0.29, 0.717) is 0 Å². The van der Waals surface area contributed by atoms with E-state index in [1.165, 1.54) is 27.8 Å². The third-order valence-corrected chi connectivity index (χ3v) is 4.56.